The quantitative estimate of drug-likeness (QED) is 0.801. The van der Waals surface area contributed by atoms with Crippen molar-refractivity contribution < 1.29 is 23.0 Å². The van der Waals surface area contributed by atoms with Crippen molar-refractivity contribution in [3.63, 3.8) is 0 Å². The third kappa shape index (κ3) is 8.04. The third-order valence-corrected chi connectivity index (χ3v) is 2.98. The molecule has 6 heteroatoms. The molecule has 1 aromatic rings. The van der Waals surface area contributed by atoms with Crippen molar-refractivity contribution >= 4 is 0 Å². The Hall–Kier alpha value is -1.11. The Balaban J connectivity index is 2.35. The van der Waals surface area contributed by atoms with Gasteiger partial charge >= 0.3 is 6.18 Å². The number of rotatable bonds is 8. The first-order valence-corrected chi connectivity index (χ1v) is 6.88. The van der Waals surface area contributed by atoms with Gasteiger partial charge in [-0.3, -0.25) is 4.90 Å². The fourth-order valence-electron chi connectivity index (χ4n) is 1.90. The molecular formula is C15H22F3NO2. The third-order valence-electron chi connectivity index (χ3n) is 2.98. The lowest BCUT2D eigenvalue weighted by molar-refractivity contribution is -0.153. The molecular weight excluding hydrogens is 283 g/mol. The average molecular weight is 305 g/mol. The first-order valence-electron chi connectivity index (χ1n) is 6.88. The van der Waals surface area contributed by atoms with E-state index in [-0.39, 0.29) is 19.2 Å². The number of nitrogens with zero attached hydrogens (tertiary/aromatic N) is 1. The molecule has 0 aromatic heterocycles. The summed E-state index contributed by atoms with van der Waals surface area (Å²) in [6.07, 6.45) is -5.21. The number of hydrogen-bond donors (Lipinski definition) is 1. The van der Waals surface area contributed by atoms with Crippen LogP contribution < -0.4 is 0 Å². The summed E-state index contributed by atoms with van der Waals surface area (Å²) in [7, 11) is 0. The van der Waals surface area contributed by atoms with Crippen molar-refractivity contribution in [1.82, 2.24) is 4.90 Å². The standard InChI is InChI=1S/C15H22F3NO2/c1-12(2)19(11-15(16,17)18)8-14(20)10-21-9-13-6-4-3-5-7-13/h3-7,12,14,20H,8-11H2,1-2H3. The van der Waals surface area contributed by atoms with Crippen LogP contribution >= 0.6 is 0 Å². The van der Waals surface area contributed by atoms with Gasteiger partial charge in [-0.2, -0.15) is 13.2 Å². The van der Waals surface area contributed by atoms with Crippen molar-refractivity contribution in [3.8, 4) is 0 Å². The van der Waals surface area contributed by atoms with Crippen molar-refractivity contribution in [2.75, 3.05) is 19.7 Å². The molecule has 1 unspecified atom stereocenters. The molecule has 0 bridgehead atoms. The Labute approximate surface area is 123 Å². The first-order chi connectivity index (χ1) is 9.78. The maximum atomic E-state index is 12.4. The van der Waals surface area contributed by atoms with E-state index in [0.717, 1.165) is 5.56 Å². The Morgan fingerprint density at radius 3 is 2.33 bits per heavy atom. The SMILES string of the molecule is CC(C)N(CC(O)COCc1ccccc1)CC(F)(F)F. The maximum Gasteiger partial charge on any atom is 0.401 e. The van der Waals surface area contributed by atoms with Gasteiger partial charge < -0.3 is 9.84 Å². The van der Waals surface area contributed by atoms with E-state index in [1.807, 2.05) is 30.3 Å². The minimum atomic E-state index is -4.27. The molecule has 0 radical (unpaired) electrons. The van der Waals surface area contributed by atoms with E-state index in [9.17, 15) is 18.3 Å². The summed E-state index contributed by atoms with van der Waals surface area (Å²) in [5.74, 6) is 0. The maximum absolute atomic E-state index is 12.4. The second-order valence-electron chi connectivity index (χ2n) is 5.29. The van der Waals surface area contributed by atoms with Crippen LogP contribution in [-0.4, -0.2) is 48.0 Å². The van der Waals surface area contributed by atoms with Gasteiger partial charge in [0.05, 0.1) is 25.9 Å². The van der Waals surface area contributed by atoms with Gasteiger partial charge in [0.15, 0.2) is 0 Å². The van der Waals surface area contributed by atoms with Gasteiger partial charge in [-0.05, 0) is 19.4 Å². The Bertz CT molecular complexity index is 396. The van der Waals surface area contributed by atoms with E-state index in [1.165, 1.54) is 4.90 Å². The van der Waals surface area contributed by atoms with Crippen LogP contribution in [0.4, 0.5) is 13.2 Å². The summed E-state index contributed by atoms with van der Waals surface area (Å²) in [5.41, 5.74) is 0.959. The Kier molecular flexibility index (Phi) is 7.14. The van der Waals surface area contributed by atoms with Gasteiger partial charge in [0.1, 0.15) is 0 Å². The summed E-state index contributed by atoms with van der Waals surface area (Å²) in [5, 5.41) is 9.81. The summed E-state index contributed by atoms with van der Waals surface area (Å²) in [6, 6.07) is 9.11. The summed E-state index contributed by atoms with van der Waals surface area (Å²) < 4.78 is 42.6. The second kappa shape index (κ2) is 8.36. The van der Waals surface area contributed by atoms with Gasteiger partial charge in [-0.15, -0.1) is 0 Å². The van der Waals surface area contributed by atoms with Crippen LogP contribution in [0.5, 0.6) is 0 Å². The Morgan fingerprint density at radius 1 is 1.19 bits per heavy atom. The van der Waals surface area contributed by atoms with Crippen LogP contribution in [0.2, 0.25) is 0 Å². The molecule has 0 saturated carbocycles. The normalized spacial score (nSPS) is 13.9. The zero-order chi connectivity index (χ0) is 15.9. The van der Waals surface area contributed by atoms with Gasteiger partial charge in [0, 0.05) is 12.6 Å². The highest BCUT2D eigenvalue weighted by molar-refractivity contribution is 5.13. The molecule has 0 amide bonds. The number of benzene rings is 1. The van der Waals surface area contributed by atoms with E-state index in [2.05, 4.69) is 0 Å². The highest BCUT2D eigenvalue weighted by atomic mass is 19.4. The lowest BCUT2D eigenvalue weighted by atomic mass is 10.2. The Morgan fingerprint density at radius 2 is 1.81 bits per heavy atom. The highest BCUT2D eigenvalue weighted by Crippen LogP contribution is 2.18. The molecule has 0 fully saturated rings. The van der Waals surface area contributed by atoms with Gasteiger partial charge in [0.25, 0.3) is 0 Å². The van der Waals surface area contributed by atoms with Gasteiger partial charge in [-0.25, -0.2) is 0 Å². The van der Waals surface area contributed by atoms with E-state index < -0.39 is 18.8 Å². The molecule has 21 heavy (non-hydrogen) atoms. The largest absolute Gasteiger partial charge is 0.401 e. The molecule has 0 aliphatic heterocycles. The van der Waals surface area contributed by atoms with Gasteiger partial charge in [-0.1, -0.05) is 30.3 Å². The van der Waals surface area contributed by atoms with Crippen molar-refractivity contribution in [3.05, 3.63) is 35.9 Å². The van der Waals surface area contributed by atoms with Crippen LogP contribution in [-0.2, 0) is 11.3 Å². The van der Waals surface area contributed by atoms with Gasteiger partial charge in [0.2, 0.25) is 0 Å². The molecule has 0 saturated heterocycles. The van der Waals surface area contributed by atoms with Crippen molar-refractivity contribution in [1.29, 1.82) is 0 Å². The predicted molar refractivity (Wildman–Crippen MR) is 74.9 cm³/mol. The second-order valence-corrected chi connectivity index (χ2v) is 5.29. The van der Waals surface area contributed by atoms with Crippen molar-refractivity contribution in [2.45, 2.75) is 38.8 Å². The zero-order valence-corrected chi connectivity index (χ0v) is 12.3. The fraction of sp³-hybridized carbons (Fsp3) is 0.600. The summed E-state index contributed by atoms with van der Waals surface area (Å²) in [6.45, 7) is 2.59. The molecule has 1 atom stereocenters. The van der Waals surface area contributed by atoms with E-state index in [1.54, 1.807) is 13.8 Å². The molecule has 1 rings (SSSR count). The average Bonchev–Trinajstić information content (AvgIpc) is 2.37. The highest BCUT2D eigenvalue weighted by Gasteiger charge is 2.32. The minimum absolute atomic E-state index is 0.00989. The lowest BCUT2D eigenvalue weighted by Crippen LogP contribution is -2.44. The monoisotopic (exact) mass is 305 g/mol. The minimum Gasteiger partial charge on any atom is -0.389 e. The van der Waals surface area contributed by atoms with Crippen LogP contribution in [0.15, 0.2) is 30.3 Å². The van der Waals surface area contributed by atoms with E-state index >= 15 is 0 Å². The van der Waals surface area contributed by atoms with Crippen molar-refractivity contribution in [2.24, 2.45) is 0 Å². The van der Waals surface area contributed by atoms with Crippen LogP contribution in [0, 0.1) is 0 Å². The predicted octanol–water partition coefficient (Wildman–Crippen LogP) is 2.84. The summed E-state index contributed by atoms with van der Waals surface area (Å²) in [4.78, 5) is 1.19. The number of aliphatic hydroxyl groups is 1. The topological polar surface area (TPSA) is 32.7 Å². The molecule has 120 valence electrons. The molecule has 1 N–H and O–H groups in total. The molecule has 0 spiro atoms. The van der Waals surface area contributed by atoms with E-state index in [4.69, 9.17) is 4.74 Å². The van der Waals surface area contributed by atoms with Crippen LogP contribution in [0.3, 0.4) is 0 Å². The fourth-order valence-corrected chi connectivity index (χ4v) is 1.90. The molecule has 0 heterocycles. The molecule has 1 aromatic carbocycles. The van der Waals surface area contributed by atoms with Crippen LogP contribution in [0.1, 0.15) is 19.4 Å². The van der Waals surface area contributed by atoms with E-state index in [0.29, 0.717) is 6.61 Å². The number of halogens is 3. The summed E-state index contributed by atoms with van der Waals surface area (Å²) >= 11 is 0. The number of ether oxygens (including phenoxy) is 1. The van der Waals surface area contributed by atoms with Crippen LogP contribution in [0.25, 0.3) is 0 Å². The molecule has 3 nitrogen and oxygen atoms in total. The first kappa shape index (κ1) is 17.9. The number of alkyl halides is 3. The zero-order valence-electron chi connectivity index (χ0n) is 12.3. The molecule has 0 aliphatic rings. The molecule has 0 aliphatic carbocycles. The number of hydrogen-bond acceptors (Lipinski definition) is 3. The lowest BCUT2D eigenvalue weighted by Gasteiger charge is -2.29. The smallest absolute Gasteiger partial charge is 0.389 e. The number of aliphatic hydroxyl groups excluding tert-OH is 1.